The molecule has 0 atom stereocenters. The van der Waals surface area contributed by atoms with Crippen molar-refractivity contribution in [2.45, 2.75) is 83.8 Å². The van der Waals surface area contributed by atoms with Gasteiger partial charge >= 0.3 is 0 Å². The zero-order valence-electron chi connectivity index (χ0n) is 57.2. The Morgan fingerprint density at radius 2 is 0.779 bits per heavy atom. The molecule has 4 heterocycles. The lowest BCUT2D eigenvalue weighted by Crippen LogP contribution is -2.17. The molecule has 3 aromatic heterocycles. The molecule has 2 aliphatic rings. The molecule has 534 valence electrons. The first kappa shape index (κ1) is 73.0. The molecule has 16 nitrogen and oxygen atoms in total. The van der Waals surface area contributed by atoms with Crippen molar-refractivity contribution in [3.63, 3.8) is 0 Å². The molecule has 11 aromatic rings. The molecule has 1 aliphatic carbocycles. The summed E-state index contributed by atoms with van der Waals surface area (Å²) in [6, 6.07) is 73.1. The molecule has 4 N–H and O–H groups in total. The first-order chi connectivity index (χ1) is 50.1. The van der Waals surface area contributed by atoms with E-state index in [0.717, 1.165) is 134 Å². The van der Waals surface area contributed by atoms with E-state index >= 15 is 0 Å². The Hall–Kier alpha value is -9.32. The Labute approximate surface area is 612 Å². The molecule has 0 bridgehead atoms. The maximum absolute atomic E-state index is 12.2. The van der Waals surface area contributed by atoms with E-state index in [1.807, 2.05) is 121 Å². The van der Waals surface area contributed by atoms with Crippen LogP contribution in [0.2, 0.25) is 0 Å². The number of nitrogens with zero attached hydrogens (tertiary/aromatic N) is 4. The van der Waals surface area contributed by atoms with Gasteiger partial charge in [-0.15, -0.1) is 0 Å². The summed E-state index contributed by atoms with van der Waals surface area (Å²) < 4.78 is 146. The van der Waals surface area contributed by atoms with Gasteiger partial charge in [-0.25, -0.2) is 0 Å². The summed E-state index contributed by atoms with van der Waals surface area (Å²) in [6.45, 7) is 1.64. The summed E-state index contributed by atoms with van der Waals surface area (Å²) in [5.41, 5.74) is 18.8. The van der Waals surface area contributed by atoms with Crippen LogP contribution in [0.25, 0.3) is 83.2 Å². The van der Waals surface area contributed by atoms with E-state index < -0.39 is 40.5 Å². The van der Waals surface area contributed by atoms with Crippen LogP contribution in [0.5, 0.6) is 0 Å². The average Bonchev–Trinajstić information content (AvgIpc) is 1.57. The lowest BCUT2D eigenvalue weighted by atomic mass is 9.87. The maximum atomic E-state index is 12.2. The highest BCUT2D eigenvalue weighted by Crippen LogP contribution is 2.50. The molecule has 0 spiro atoms. The number of halogens is 1. The van der Waals surface area contributed by atoms with Crippen LogP contribution in [0.3, 0.4) is 0 Å². The van der Waals surface area contributed by atoms with Crippen molar-refractivity contribution < 1.29 is 56.5 Å². The van der Waals surface area contributed by atoms with E-state index in [1.54, 1.807) is 0 Å². The lowest BCUT2D eigenvalue weighted by Gasteiger charge is -2.17. The number of fused-ring (bicyclic) bond motifs is 4. The molecule has 104 heavy (non-hydrogen) atoms. The Morgan fingerprint density at radius 3 is 1.21 bits per heavy atom. The van der Waals surface area contributed by atoms with E-state index in [9.17, 15) is 51.9 Å². The number of allylic oxidation sites excluding steroid dienone is 9. The number of aromatic nitrogens is 3. The van der Waals surface area contributed by atoms with Crippen molar-refractivity contribution in [2.24, 2.45) is 0 Å². The second-order valence-electron chi connectivity index (χ2n) is 26.4. The molecule has 8 aromatic carbocycles. The number of benzene rings is 8. The standard InChI is InChI=1S/C83H79ClN4O12S4/c84-79-59(47-49-69(75-65-37-13-17-41-71(65)85(51-21-25-55-101(89,90)91)80(75)61-29-5-1-6-30-61)76-66-38-14-18-42-72(66)86(52-22-26-56-102(92,93)94)81(76)62-31-7-2-8-32-62)45-46-60(79)48-50-70(77-67-39-15-19-43-73(67)87(53-23-27-57-103(95,96)97)82(77)63-33-9-3-10-34-63)78-68-40-16-20-44-74(68)88(54-24-28-58-104(98,99)100)83(78)64-35-11-4-12-36-64/h1-20,29-44,47-50H,21-28,45-46,51-58H2,(H3-,89,90,91,92,93,94,95,96,97,98,99,100)/p+1. The van der Waals surface area contributed by atoms with Crippen molar-refractivity contribution in [2.75, 3.05) is 29.6 Å². The maximum Gasteiger partial charge on any atom is 0.264 e. The Bertz CT molecular complexity index is 5580. The van der Waals surface area contributed by atoms with E-state index in [4.69, 9.17) is 11.6 Å². The monoisotopic (exact) mass is 1490 g/mol. The predicted molar refractivity (Wildman–Crippen MR) is 420 cm³/mol. The Morgan fingerprint density at radius 1 is 0.413 bits per heavy atom. The van der Waals surface area contributed by atoms with Gasteiger partial charge < -0.3 is 13.7 Å². The van der Waals surface area contributed by atoms with Gasteiger partial charge in [0.15, 0.2) is 0 Å². The fraction of sp³-hybridized carbons (Fsp3) is 0.217. The van der Waals surface area contributed by atoms with Crippen LogP contribution < -0.4 is 0 Å². The summed E-state index contributed by atoms with van der Waals surface area (Å²) in [6.07, 6.45) is 12.3. The van der Waals surface area contributed by atoms with Crippen LogP contribution in [0.15, 0.2) is 259 Å². The molecule has 0 fully saturated rings. The summed E-state index contributed by atoms with van der Waals surface area (Å²) in [5.74, 6) is -1.56. The minimum Gasteiger partial charge on any atom is -0.340 e. The number of unbranched alkanes of at least 4 members (excludes halogenated alkanes) is 4. The number of hydrogen-bond acceptors (Lipinski definition) is 8. The van der Waals surface area contributed by atoms with E-state index in [2.05, 4.69) is 140 Å². The number of hydrogen-bond donors (Lipinski definition) is 4. The molecule has 0 saturated carbocycles. The normalized spacial score (nSPS) is 14.7. The number of rotatable bonds is 30. The fourth-order valence-electron chi connectivity index (χ4n) is 15.0. The van der Waals surface area contributed by atoms with Gasteiger partial charge in [-0.1, -0.05) is 212 Å². The third-order valence-corrected chi connectivity index (χ3v) is 23.1. The van der Waals surface area contributed by atoms with Crippen LogP contribution in [-0.2, 0) is 60.1 Å². The smallest absolute Gasteiger partial charge is 0.264 e. The predicted octanol–water partition coefficient (Wildman–Crippen LogP) is 18.2. The largest absolute Gasteiger partial charge is 0.340 e. The minimum absolute atomic E-state index is 0.215. The average molecular weight is 1490 g/mol. The van der Waals surface area contributed by atoms with Gasteiger partial charge in [0.2, 0.25) is 11.4 Å². The first-order valence-corrected chi connectivity index (χ1v) is 41.8. The van der Waals surface area contributed by atoms with Gasteiger partial charge in [0.05, 0.1) is 51.2 Å². The van der Waals surface area contributed by atoms with Crippen molar-refractivity contribution in [1.29, 1.82) is 0 Å². The highest BCUT2D eigenvalue weighted by molar-refractivity contribution is 7.86. The topological polar surface area (TPSA) is 235 Å². The van der Waals surface area contributed by atoms with Gasteiger partial charge in [-0.05, 0) is 133 Å². The Kier molecular flexibility index (Phi) is 22.2. The van der Waals surface area contributed by atoms with Crippen LogP contribution in [-0.4, -0.2) is 105 Å². The molecule has 0 saturated heterocycles. The van der Waals surface area contributed by atoms with Gasteiger partial charge in [-0.3, -0.25) is 18.2 Å². The molecule has 1 aliphatic heterocycles. The lowest BCUT2D eigenvalue weighted by molar-refractivity contribution is -0.436. The summed E-state index contributed by atoms with van der Waals surface area (Å²) in [5, 5.41) is 3.34. The van der Waals surface area contributed by atoms with Crippen molar-refractivity contribution >= 4 is 113 Å². The zero-order valence-corrected chi connectivity index (χ0v) is 61.2. The Balaban J connectivity index is 1.06. The van der Waals surface area contributed by atoms with Crippen molar-refractivity contribution in [3.8, 4) is 33.8 Å². The SMILES string of the molecule is O=S(=O)(O)CCCCn1c(-c2ccccc2)c(C(=C/C=C2\CCC(/C=C/C(=C3\C(c4ccccc4)=[N+](CCCCS(=O)(=O)O)c4ccccc43)c3c(-c4ccccc4)n(CCCCS(=O)(=O)O)c4ccccc34)=C2Cl)c2c(-c3ccccc3)n(CCCCS(=O)(=O)O)c3ccccc23)c2ccccc21. The molecular formula is C83H80ClN4O12S4+. The quantitative estimate of drug-likeness (QED) is 0.0187. The van der Waals surface area contributed by atoms with Crippen molar-refractivity contribution in [1.82, 2.24) is 13.7 Å². The van der Waals surface area contributed by atoms with Crippen LogP contribution in [0.1, 0.15) is 92.0 Å². The second kappa shape index (κ2) is 31.6. The van der Waals surface area contributed by atoms with E-state index in [-0.39, 0.29) is 48.7 Å². The molecular weight excluding hydrogens is 1410 g/mol. The molecule has 21 heteroatoms. The molecule has 0 amide bonds. The van der Waals surface area contributed by atoms with Crippen molar-refractivity contribution in [3.05, 3.63) is 287 Å². The summed E-state index contributed by atoms with van der Waals surface area (Å²) in [7, 11) is -16.9. The summed E-state index contributed by atoms with van der Waals surface area (Å²) in [4.78, 5) is 0. The first-order valence-electron chi connectivity index (χ1n) is 34.9. The number of aryl methyl sites for hydroxylation is 3. The van der Waals surface area contributed by atoms with Gasteiger partial charge in [0.1, 0.15) is 6.54 Å². The highest BCUT2D eigenvalue weighted by Gasteiger charge is 2.39. The van der Waals surface area contributed by atoms with Crippen LogP contribution in [0, 0.1) is 0 Å². The van der Waals surface area contributed by atoms with Gasteiger partial charge in [0.25, 0.3) is 40.5 Å². The molecule has 0 radical (unpaired) electrons. The van der Waals surface area contributed by atoms with E-state index in [1.165, 1.54) is 0 Å². The van der Waals surface area contributed by atoms with Gasteiger partial charge in [0, 0.05) is 92.1 Å². The molecule has 13 rings (SSSR count). The fourth-order valence-corrected chi connectivity index (χ4v) is 17.6. The zero-order chi connectivity index (χ0) is 72.8. The van der Waals surface area contributed by atoms with Crippen LogP contribution in [0.4, 0.5) is 5.69 Å². The summed E-state index contributed by atoms with van der Waals surface area (Å²) >= 11 is 7.98. The second-order valence-corrected chi connectivity index (χ2v) is 33.0. The molecule has 0 unspecified atom stereocenters. The third-order valence-electron chi connectivity index (χ3n) is 19.4. The van der Waals surface area contributed by atoms with Crippen LogP contribution >= 0.6 is 11.6 Å². The minimum atomic E-state index is -4.24. The van der Waals surface area contributed by atoms with E-state index in [0.29, 0.717) is 69.7 Å². The number of para-hydroxylation sites is 4. The third kappa shape index (κ3) is 16.4. The highest BCUT2D eigenvalue weighted by atomic mass is 35.5. The van der Waals surface area contributed by atoms with Gasteiger partial charge in [-0.2, -0.15) is 38.2 Å².